The minimum atomic E-state index is -0.327. The minimum absolute atomic E-state index is 0.157. The Kier molecular flexibility index (Phi) is 4.22. The van der Waals surface area contributed by atoms with Crippen LogP contribution >= 0.6 is 0 Å². The molecule has 102 valence electrons. The fraction of sp³-hybridized carbons (Fsp3) is 0.400. The van der Waals surface area contributed by atoms with Crippen molar-refractivity contribution in [2.75, 3.05) is 12.4 Å². The van der Waals surface area contributed by atoms with E-state index in [0.29, 0.717) is 6.42 Å². The molecule has 0 aliphatic heterocycles. The maximum atomic E-state index is 9.42. The predicted molar refractivity (Wildman–Crippen MR) is 77.7 cm³/mol. The Hall–Kier alpha value is -1.81. The van der Waals surface area contributed by atoms with Gasteiger partial charge in [-0.3, -0.25) is 0 Å². The number of nitrogens with one attached hydrogen (secondary N) is 1. The molecule has 1 aromatic carbocycles. The monoisotopic (exact) mass is 260 g/mol. The molecule has 0 saturated carbocycles. The standard InChI is InChI=1S/C15H20N2O2/c1-10(9-11(2)18)17-15-13-5-4-6-14(19-3)12(13)7-8-16-15/h4-8,10-11,18H,9H2,1-3H3,(H,16,17). The van der Waals surface area contributed by atoms with Gasteiger partial charge in [0.05, 0.1) is 13.2 Å². The summed E-state index contributed by atoms with van der Waals surface area (Å²) >= 11 is 0. The normalized spacial score (nSPS) is 14.1. The number of hydrogen-bond acceptors (Lipinski definition) is 4. The van der Waals surface area contributed by atoms with E-state index in [1.165, 1.54) is 0 Å². The summed E-state index contributed by atoms with van der Waals surface area (Å²) in [5.41, 5.74) is 0. The van der Waals surface area contributed by atoms with Crippen LogP contribution in [0.1, 0.15) is 20.3 Å². The molecule has 1 aromatic heterocycles. The molecule has 2 unspecified atom stereocenters. The first-order valence-electron chi connectivity index (χ1n) is 6.48. The predicted octanol–water partition coefficient (Wildman–Crippen LogP) is 2.81. The number of benzene rings is 1. The lowest BCUT2D eigenvalue weighted by atomic mass is 10.1. The second-order valence-electron chi connectivity index (χ2n) is 4.85. The van der Waals surface area contributed by atoms with Gasteiger partial charge in [-0.2, -0.15) is 0 Å². The van der Waals surface area contributed by atoms with Crippen molar-refractivity contribution in [3.63, 3.8) is 0 Å². The largest absolute Gasteiger partial charge is 0.496 e. The van der Waals surface area contributed by atoms with Crippen LogP contribution in [0.4, 0.5) is 5.82 Å². The number of hydrogen-bond donors (Lipinski definition) is 2. The van der Waals surface area contributed by atoms with E-state index in [1.807, 2.05) is 31.2 Å². The van der Waals surface area contributed by atoms with Gasteiger partial charge in [0.25, 0.3) is 0 Å². The quantitative estimate of drug-likeness (QED) is 0.868. The summed E-state index contributed by atoms with van der Waals surface area (Å²) in [4.78, 5) is 4.38. The highest BCUT2D eigenvalue weighted by molar-refractivity contribution is 5.95. The molecule has 2 N–H and O–H groups in total. The molecule has 0 radical (unpaired) electrons. The zero-order chi connectivity index (χ0) is 13.8. The van der Waals surface area contributed by atoms with Crippen LogP contribution in [0.15, 0.2) is 30.5 Å². The van der Waals surface area contributed by atoms with Gasteiger partial charge >= 0.3 is 0 Å². The summed E-state index contributed by atoms with van der Waals surface area (Å²) in [5, 5.41) is 14.8. The number of aliphatic hydroxyl groups excluding tert-OH is 1. The highest BCUT2D eigenvalue weighted by Crippen LogP contribution is 2.29. The molecule has 0 fully saturated rings. The van der Waals surface area contributed by atoms with Crippen molar-refractivity contribution in [3.8, 4) is 5.75 Å². The van der Waals surface area contributed by atoms with Crippen LogP contribution in [0.2, 0.25) is 0 Å². The zero-order valence-corrected chi connectivity index (χ0v) is 11.6. The SMILES string of the molecule is COc1cccc2c(NC(C)CC(C)O)nccc12. The second kappa shape index (κ2) is 5.89. The molecule has 2 rings (SSSR count). The third kappa shape index (κ3) is 3.15. The number of methoxy groups -OCH3 is 1. The number of aromatic nitrogens is 1. The van der Waals surface area contributed by atoms with Crippen LogP contribution in [0.3, 0.4) is 0 Å². The van der Waals surface area contributed by atoms with E-state index in [9.17, 15) is 5.11 Å². The first-order chi connectivity index (χ1) is 9.11. The van der Waals surface area contributed by atoms with Gasteiger partial charge in [-0.15, -0.1) is 0 Å². The van der Waals surface area contributed by atoms with Crippen molar-refractivity contribution < 1.29 is 9.84 Å². The first kappa shape index (κ1) is 13.6. The van der Waals surface area contributed by atoms with Gasteiger partial charge in [0.15, 0.2) is 0 Å². The van der Waals surface area contributed by atoms with E-state index in [1.54, 1.807) is 20.2 Å². The first-order valence-corrected chi connectivity index (χ1v) is 6.48. The Balaban J connectivity index is 2.33. The minimum Gasteiger partial charge on any atom is -0.496 e. The van der Waals surface area contributed by atoms with Gasteiger partial charge in [-0.25, -0.2) is 4.98 Å². The van der Waals surface area contributed by atoms with Gasteiger partial charge in [-0.1, -0.05) is 12.1 Å². The Bertz CT molecular complexity index is 555. The van der Waals surface area contributed by atoms with Crippen molar-refractivity contribution in [3.05, 3.63) is 30.5 Å². The highest BCUT2D eigenvalue weighted by atomic mass is 16.5. The fourth-order valence-corrected chi connectivity index (χ4v) is 2.28. The lowest BCUT2D eigenvalue weighted by Crippen LogP contribution is -2.21. The van der Waals surface area contributed by atoms with Crippen molar-refractivity contribution in [2.24, 2.45) is 0 Å². The fourth-order valence-electron chi connectivity index (χ4n) is 2.28. The molecule has 0 amide bonds. The number of rotatable bonds is 5. The lowest BCUT2D eigenvalue weighted by Gasteiger charge is -2.17. The molecule has 0 aliphatic carbocycles. The number of anilines is 1. The third-order valence-electron chi connectivity index (χ3n) is 3.06. The van der Waals surface area contributed by atoms with Gasteiger partial charge in [0.1, 0.15) is 11.6 Å². The van der Waals surface area contributed by atoms with E-state index in [0.717, 1.165) is 22.3 Å². The third-order valence-corrected chi connectivity index (χ3v) is 3.06. The number of ether oxygens (including phenoxy) is 1. The van der Waals surface area contributed by atoms with Crippen LogP contribution in [-0.2, 0) is 0 Å². The van der Waals surface area contributed by atoms with Gasteiger partial charge in [0.2, 0.25) is 0 Å². The van der Waals surface area contributed by atoms with E-state index < -0.39 is 0 Å². The molecule has 0 bridgehead atoms. The molecule has 2 aromatic rings. The maximum absolute atomic E-state index is 9.42. The van der Waals surface area contributed by atoms with E-state index in [4.69, 9.17) is 4.74 Å². The van der Waals surface area contributed by atoms with Crippen LogP contribution < -0.4 is 10.1 Å². The van der Waals surface area contributed by atoms with Gasteiger partial charge in [0, 0.05) is 23.0 Å². The summed E-state index contributed by atoms with van der Waals surface area (Å²) in [6.45, 7) is 3.82. The number of nitrogens with zero attached hydrogens (tertiary/aromatic N) is 1. The molecule has 4 heteroatoms. The van der Waals surface area contributed by atoms with Crippen LogP contribution in [-0.4, -0.2) is 29.3 Å². The van der Waals surface area contributed by atoms with Gasteiger partial charge < -0.3 is 15.2 Å². The molecule has 0 spiro atoms. The summed E-state index contributed by atoms with van der Waals surface area (Å²) in [6, 6.07) is 8.00. The smallest absolute Gasteiger partial charge is 0.134 e. The average molecular weight is 260 g/mol. The van der Waals surface area contributed by atoms with Crippen molar-refractivity contribution in [1.29, 1.82) is 0 Å². The molecule has 4 nitrogen and oxygen atoms in total. The van der Waals surface area contributed by atoms with Crippen molar-refractivity contribution in [2.45, 2.75) is 32.4 Å². The van der Waals surface area contributed by atoms with E-state index >= 15 is 0 Å². The lowest BCUT2D eigenvalue weighted by molar-refractivity contribution is 0.179. The summed E-state index contributed by atoms with van der Waals surface area (Å²) in [5.74, 6) is 1.66. The summed E-state index contributed by atoms with van der Waals surface area (Å²) < 4.78 is 5.36. The Morgan fingerprint density at radius 1 is 1.26 bits per heavy atom. The highest BCUT2D eigenvalue weighted by Gasteiger charge is 2.10. The average Bonchev–Trinajstić information content (AvgIpc) is 2.37. The summed E-state index contributed by atoms with van der Waals surface area (Å²) in [6.07, 6.45) is 2.12. The molecular weight excluding hydrogens is 240 g/mol. The molecule has 19 heavy (non-hydrogen) atoms. The van der Waals surface area contributed by atoms with Crippen molar-refractivity contribution in [1.82, 2.24) is 4.98 Å². The number of aliphatic hydroxyl groups is 1. The molecular formula is C15H20N2O2. The van der Waals surface area contributed by atoms with Crippen LogP contribution in [0.5, 0.6) is 5.75 Å². The second-order valence-corrected chi connectivity index (χ2v) is 4.85. The summed E-state index contributed by atoms with van der Waals surface area (Å²) in [7, 11) is 1.67. The van der Waals surface area contributed by atoms with Gasteiger partial charge in [-0.05, 0) is 32.4 Å². The zero-order valence-electron chi connectivity index (χ0n) is 11.6. The molecule has 2 atom stereocenters. The molecule has 0 saturated heterocycles. The number of pyridine rings is 1. The molecule has 1 heterocycles. The van der Waals surface area contributed by atoms with Crippen LogP contribution in [0, 0.1) is 0 Å². The van der Waals surface area contributed by atoms with Crippen molar-refractivity contribution >= 4 is 16.6 Å². The van der Waals surface area contributed by atoms with E-state index in [-0.39, 0.29) is 12.1 Å². The number of fused-ring (bicyclic) bond motifs is 1. The van der Waals surface area contributed by atoms with Crippen LogP contribution in [0.25, 0.3) is 10.8 Å². The topological polar surface area (TPSA) is 54.4 Å². The maximum Gasteiger partial charge on any atom is 0.134 e. The Morgan fingerprint density at radius 3 is 2.74 bits per heavy atom. The Labute approximate surface area is 113 Å². The Morgan fingerprint density at radius 2 is 2.05 bits per heavy atom. The van der Waals surface area contributed by atoms with E-state index in [2.05, 4.69) is 10.3 Å². The molecule has 0 aliphatic rings.